The van der Waals surface area contributed by atoms with Crippen LogP contribution in [0.5, 0.6) is 0 Å². The Balaban J connectivity index is 1.97. The van der Waals surface area contributed by atoms with Gasteiger partial charge in [-0.25, -0.2) is 0 Å². The normalized spacial score (nSPS) is 11.0. The zero-order valence-electron chi connectivity index (χ0n) is 13.6. The Labute approximate surface area is 141 Å². The molecule has 0 saturated heterocycles. The molecule has 7 heteroatoms. The monoisotopic (exact) mass is 336 g/mol. The molecule has 0 saturated carbocycles. The van der Waals surface area contributed by atoms with Gasteiger partial charge in [-0.05, 0) is 33.0 Å². The van der Waals surface area contributed by atoms with Crippen molar-refractivity contribution in [2.45, 2.75) is 20.4 Å². The summed E-state index contributed by atoms with van der Waals surface area (Å²) in [4.78, 5) is 20.1. The van der Waals surface area contributed by atoms with Crippen molar-refractivity contribution in [1.82, 2.24) is 19.9 Å². The molecular formula is C16H21ClN4O2. The molecule has 0 N–H and O–H groups in total. The number of nitrogens with zero attached hydrogens (tertiary/aromatic N) is 4. The quantitative estimate of drug-likeness (QED) is 0.778. The average molecular weight is 337 g/mol. The lowest BCUT2D eigenvalue weighted by Gasteiger charge is -2.22. The summed E-state index contributed by atoms with van der Waals surface area (Å²) in [6.07, 6.45) is 0. The predicted molar refractivity (Wildman–Crippen MR) is 89.0 cm³/mol. The van der Waals surface area contributed by atoms with Gasteiger partial charge >= 0.3 is 0 Å². The van der Waals surface area contributed by atoms with Crippen molar-refractivity contribution in [3.05, 3.63) is 35.2 Å². The molecule has 0 atom stereocenters. The van der Waals surface area contributed by atoms with Crippen molar-refractivity contribution in [2.75, 3.05) is 26.7 Å². The van der Waals surface area contributed by atoms with E-state index in [1.807, 2.05) is 37.9 Å². The largest absolute Gasteiger partial charge is 0.342 e. The predicted octanol–water partition coefficient (Wildman–Crippen LogP) is 2.69. The summed E-state index contributed by atoms with van der Waals surface area (Å²) >= 11 is 5.96. The van der Waals surface area contributed by atoms with Crippen LogP contribution < -0.4 is 0 Å². The molecule has 0 fully saturated rings. The van der Waals surface area contributed by atoms with Crippen molar-refractivity contribution >= 4 is 17.5 Å². The number of aromatic nitrogens is 2. The Morgan fingerprint density at radius 1 is 1.30 bits per heavy atom. The molecule has 23 heavy (non-hydrogen) atoms. The van der Waals surface area contributed by atoms with Crippen LogP contribution in [0.15, 0.2) is 28.8 Å². The summed E-state index contributed by atoms with van der Waals surface area (Å²) < 4.78 is 5.25. The van der Waals surface area contributed by atoms with Gasteiger partial charge in [0.1, 0.15) is 0 Å². The van der Waals surface area contributed by atoms with Crippen LogP contribution >= 0.6 is 11.6 Å². The van der Waals surface area contributed by atoms with Gasteiger partial charge < -0.3 is 9.42 Å². The van der Waals surface area contributed by atoms with E-state index in [4.69, 9.17) is 16.1 Å². The van der Waals surface area contributed by atoms with Crippen molar-refractivity contribution in [3.8, 4) is 11.4 Å². The summed E-state index contributed by atoms with van der Waals surface area (Å²) in [5, 5.41) is 4.58. The fourth-order valence-corrected chi connectivity index (χ4v) is 2.45. The number of hydrogen-bond acceptors (Lipinski definition) is 5. The first-order valence-electron chi connectivity index (χ1n) is 7.58. The maximum absolute atomic E-state index is 12.1. The third kappa shape index (κ3) is 4.77. The smallest absolute Gasteiger partial charge is 0.241 e. The standard InChI is InChI=1S/C16H21ClN4O2/c1-4-21(5-2)15(22)11-20(3)10-14-18-16(19-23-14)12-7-6-8-13(17)9-12/h6-9H,4-5,10-11H2,1-3H3. The van der Waals surface area contributed by atoms with Crippen LogP contribution in [0, 0.1) is 0 Å². The first-order valence-corrected chi connectivity index (χ1v) is 7.96. The van der Waals surface area contributed by atoms with Crippen LogP contribution in [0.2, 0.25) is 5.02 Å². The van der Waals surface area contributed by atoms with Gasteiger partial charge in [0.05, 0.1) is 13.1 Å². The molecule has 2 rings (SSSR count). The second kappa shape index (κ2) is 8.08. The third-order valence-electron chi connectivity index (χ3n) is 3.48. The van der Waals surface area contributed by atoms with E-state index in [1.165, 1.54) is 0 Å². The highest BCUT2D eigenvalue weighted by atomic mass is 35.5. The summed E-state index contributed by atoms with van der Waals surface area (Å²) in [5.74, 6) is 1.05. The molecule has 1 aromatic heterocycles. The minimum atomic E-state index is 0.0899. The molecule has 0 unspecified atom stereocenters. The number of carbonyl (C=O) groups excluding carboxylic acids is 1. The van der Waals surface area contributed by atoms with Crippen LogP contribution in [0.1, 0.15) is 19.7 Å². The van der Waals surface area contributed by atoms with Gasteiger partial charge in [-0.2, -0.15) is 4.98 Å². The van der Waals surface area contributed by atoms with E-state index in [0.29, 0.717) is 42.9 Å². The molecule has 0 spiro atoms. The highest BCUT2D eigenvalue weighted by molar-refractivity contribution is 6.30. The average Bonchev–Trinajstić information content (AvgIpc) is 2.96. The maximum Gasteiger partial charge on any atom is 0.241 e. The summed E-state index contributed by atoms with van der Waals surface area (Å²) in [6, 6.07) is 7.28. The van der Waals surface area contributed by atoms with Crippen LogP contribution in [0.4, 0.5) is 0 Å². The topological polar surface area (TPSA) is 62.5 Å². The van der Waals surface area contributed by atoms with Gasteiger partial charge in [-0.15, -0.1) is 0 Å². The fourth-order valence-electron chi connectivity index (χ4n) is 2.26. The van der Waals surface area contributed by atoms with Gasteiger partial charge in [0.2, 0.25) is 17.6 Å². The molecule has 0 aliphatic carbocycles. The maximum atomic E-state index is 12.1. The number of carbonyl (C=O) groups is 1. The Bertz CT molecular complexity index is 655. The van der Waals surface area contributed by atoms with E-state index in [2.05, 4.69) is 10.1 Å². The molecule has 1 aromatic carbocycles. The van der Waals surface area contributed by atoms with Crippen LogP contribution in [0.3, 0.4) is 0 Å². The van der Waals surface area contributed by atoms with E-state index in [-0.39, 0.29) is 5.91 Å². The number of hydrogen-bond donors (Lipinski definition) is 0. The molecule has 0 radical (unpaired) electrons. The van der Waals surface area contributed by atoms with Crippen molar-refractivity contribution in [2.24, 2.45) is 0 Å². The van der Waals surface area contributed by atoms with Crippen molar-refractivity contribution in [3.63, 3.8) is 0 Å². The van der Waals surface area contributed by atoms with Gasteiger partial charge in [0, 0.05) is 23.7 Å². The number of amides is 1. The Morgan fingerprint density at radius 3 is 2.70 bits per heavy atom. The fraction of sp³-hybridized carbons (Fsp3) is 0.438. The molecule has 2 aromatic rings. The van der Waals surface area contributed by atoms with E-state index in [1.54, 1.807) is 17.0 Å². The molecule has 0 aliphatic rings. The summed E-state index contributed by atoms with van der Waals surface area (Å²) in [7, 11) is 1.85. The number of rotatable bonds is 7. The van der Waals surface area contributed by atoms with E-state index in [0.717, 1.165) is 5.56 Å². The summed E-state index contributed by atoms with van der Waals surface area (Å²) in [6.45, 7) is 6.09. The Hall–Kier alpha value is -1.92. The van der Waals surface area contributed by atoms with Crippen LogP contribution in [-0.2, 0) is 11.3 Å². The zero-order chi connectivity index (χ0) is 16.8. The summed E-state index contributed by atoms with van der Waals surface area (Å²) in [5.41, 5.74) is 0.800. The van der Waals surface area contributed by atoms with Gasteiger partial charge in [0.15, 0.2) is 0 Å². The van der Waals surface area contributed by atoms with Crippen molar-refractivity contribution < 1.29 is 9.32 Å². The second-order valence-corrected chi connectivity index (χ2v) is 5.70. The highest BCUT2D eigenvalue weighted by Gasteiger charge is 2.15. The van der Waals surface area contributed by atoms with Crippen LogP contribution in [-0.4, -0.2) is 52.5 Å². The lowest BCUT2D eigenvalue weighted by molar-refractivity contribution is -0.131. The molecule has 6 nitrogen and oxygen atoms in total. The van der Waals surface area contributed by atoms with E-state index >= 15 is 0 Å². The highest BCUT2D eigenvalue weighted by Crippen LogP contribution is 2.20. The number of benzene rings is 1. The number of likely N-dealkylation sites (N-methyl/N-ethyl adjacent to an activating group) is 2. The third-order valence-corrected chi connectivity index (χ3v) is 3.71. The second-order valence-electron chi connectivity index (χ2n) is 5.26. The molecule has 0 bridgehead atoms. The Kier molecular flexibility index (Phi) is 6.12. The Morgan fingerprint density at radius 2 is 2.04 bits per heavy atom. The molecule has 1 amide bonds. The van der Waals surface area contributed by atoms with Crippen molar-refractivity contribution in [1.29, 1.82) is 0 Å². The van der Waals surface area contributed by atoms with Gasteiger partial charge in [-0.3, -0.25) is 9.69 Å². The van der Waals surface area contributed by atoms with Gasteiger partial charge in [-0.1, -0.05) is 28.9 Å². The minimum Gasteiger partial charge on any atom is -0.342 e. The molecular weight excluding hydrogens is 316 g/mol. The number of halogens is 1. The molecule has 124 valence electrons. The first-order chi connectivity index (χ1) is 11.0. The molecule has 1 heterocycles. The minimum absolute atomic E-state index is 0.0899. The molecule has 0 aliphatic heterocycles. The SMILES string of the molecule is CCN(CC)C(=O)CN(C)Cc1nc(-c2cccc(Cl)c2)no1. The zero-order valence-corrected chi connectivity index (χ0v) is 14.4. The van der Waals surface area contributed by atoms with Crippen LogP contribution in [0.25, 0.3) is 11.4 Å². The van der Waals surface area contributed by atoms with E-state index in [9.17, 15) is 4.79 Å². The lowest BCUT2D eigenvalue weighted by atomic mass is 10.2. The van der Waals surface area contributed by atoms with Gasteiger partial charge in [0.25, 0.3) is 0 Å². The first kappa shape index (κ1) is 17.4. The van der Waals surface area contributed by atoms with E-state index < -0.39 is 0 Å². The lowest BCUT2D eigenvalue weighted by Crippen LogP contribution is -2.38.